The molecular formula is C17H24N2O2. The third-order valence-electron chi connectivity index (χ3n) is 3.76. The number of para-hydroxylation sites is 1. The van der Waals surface area contributed by atoms with Crippen molar-refractivity contribution in [1.29, 1.82) is 0 Å². The van der Waals surface area contributed by atoms with Crippen LogP contribution in [0.4, 0.5) is 0 Å². The molecule has 1 aliphatic heterocycles. The third-order valence-corrected chi connectivity index (χ3v) is 3.76. The van der Waals surface area contributed by atoms with E-state index < -0.39 is 0 Å². The Morgan fingerprint density at radius 1 is 1.52 bits per heavy atom. The lowest BCUT2D eigenvalue weighted by Crippen LogP contribution is -2.30. The van der Waals surface area contributed by atoms with E-state index in [-0.39, 0.29) is 18.1 Å². The number of nitrogens with two attached hydrogens (primary N) is 1. The molecule has 4 heteroatoms. The number of ether oxygens (including phenoxy) is 1. The van der Waals surface area contributed by atoms with Crippen molar-refractivity contribution in [3.8, 4) is 5.75 Å². The normalized spacial score (nSPS) is 20.0. The molecule has 21 heavy (non-hydrogen) atoms. The van der Waals surface area contributed by atoms with Gasteiger partial charge in [-0.05, 0) is 31.9 Å². The molecule has 1 fully saturated rings. The summed E-state index contributed by atoms with van der Waals surface area (Å²) in [6.07, 6.45) is 5.42. The van der Waals surface area contributed by atoms with Crippen LogP contribution in [0, 0.1) is 0 Å². The molecule has 0 saturated carbocycles. The van der Waals surface area contributed by atoms with E-state index in [1.807, 2.05) is 37.3 Å². The van der Waals surface area contributed by atoms with E-state index in [0.717, 1.165) is 30.7 Å². The summed E-state index contributed by atoms with van der Waals surface area (Å²) in [5.41, 5.74) is 6.75. The van der Waals surface area contributed by atoms with Crippen molar-refractivity contribution >= 4 is 12.0 Å². The molecule has 114 valence electrons. The van der Waals surface area contributed by atoms with Gasteiger partial charge in [-0.15, -0.1) is 0 Å². The minimum absolute atomic E-state index is 0.0151. The van der Waals surface area contributed by atoms with E-state index in [2.05, 4.69) is 6.92 Å². The number of likely N-dealkylation sites (tertiary alicyclic amines) is 1. The van der Waals surface area contributed by atoms with Crippen molar-refractivity contribution in [2.45, 2.75) is 38.8 Å². The zero-order valence-corrected chi connectivity index (χ0v) is 12.8. The van der Waals surface area contributed by atoms with Crippen LogP contribution in [0.25, 0.3) is 6.08 Å². The number of rotatable bonds is 5. The average molecular weight is 288 g/mol. The summed E-state index contributed by atoms with van der Waals surface area (Å²) in [5, 5.41) is 0. The van der Waals surface area contributed by atoms with Gasteiger partial charge in [0.15, 0.2) is 0 Å². The van der Waals surface area contributed by atoms with Crippen molar-refractivity contribution in [2.24, 2.45) is 5.73 Å². The lowest BCUT2D eigenvalue weighted by molar-refractivity contribution is -0.124. The van der Waals surface area contributed by atoms with Gasteiger partial charge in [-0.3, -0.25) is 4.79 Å². The van der Waals surface area contributed by atoms with E-state index in [0.29, 0.717) is 6.54 Å². The topological polar surface area (TPSA) is 55.6 Å². The average Bonchev–Trinajstić information content (AvgIpc) is 2.92. The Kier molecular flexibility index (Phi) is 5.39. The van der Waals surface area contributed by atoms with E-state index in [1.54, 1.807) is 11.0 Å². The highest BCUT2D eigenvalue weighted by Crippen LogP contribution is 2.21. The summed E-state index contributed by atoms with van der Waals surface area (Å²) < 4.78 is 5.87. The Morgan fingerprint density at radius 2 is 2.29 bits per heavy atom. The summed E-state index contributed by atoms with van der Waals surface area (Å²) >= 11 is 0. The van der Waals surface area contributed by atoms with Crippen molar-refractivity contribution < 1.29 is 9.53 Å². The molecule has 1 aromatic rings. The molecule has 0 aliphatic carbocycles. The number of carbonyl (C=O) groups excluding carboxylic acids is 1. The Hall–Kier alpha value is -1.81. The molecule has 0 aromatic heterocycles. The molecule has 1 amide bonds. The first-order chi connectivity index (χ1) is 10.1. The molecule has 2 N–H and O–H groups in total. The molecule has 1 heterocycles. The number of benzene rings is 1. The largest absolute Gasteiger partial charge is 0.490 e. The molecule has 2 unspecified atom stereocenters. The Bertz CT molecular complexity index is 513. The monoisotopic (exact) mass is 288 g/mol. The highest BCUT2D eigenvalue weighted by molar-refractivity contribution is 5.92. The van der Waals surface area contributed by atoms with Crippen LogP contribution in [0.2, 0.25) is 0 Å². The van der Waals surface area contributed by atoms with Crippen LogP contribution in [-0.2, 0) is 4.79 Å². The first-order valence-electron chi connectivity index (χ1n) is 7.58. The quantitative estimate of drug-likeness (QED) is 0.847. The maximum Gasteiger partial charge on any atom is 0.246 e. The van der Waals surface area contributed by atoms with Crippen LogP contribution in [0.15, 0.2) is 30.3 Å². The fraction of sp³-hybridized carbons (Fsp3) is 0.471. The van der Waals surface area contributed by atoms with Crippen LogP contribution >= 0.6 is 0 Å². The molecule has 0 spiro atoms. The Labute approximate surface area is 126 Å². The molecule has 2 atom stereocenters. The van der Waals surface area contributed by atoms with Crippen LogP contribution in [-0.4, -0.2) is 36.0 Å². The zero-order valence-electron chi connectivity index (χ0n) is 12.8. The maximum atomic E-state index is 12.1. The van der Waals surface area contributed by atoms with Gasteiger partial charge in [0.25, 0.3) is 0 Å². The second-order valence-electron chi connectivity index (χ2n) is 5.54. The van der Waals surface area contributed by atoms with Gasteiger partial charge in [0.05, 0.1) is 6.10 Å². The minimum atomic E-state index is 0.0151. The van der Waals surface area contributed by atoms with Crippen LogP contribution < -0.4 is 10.5 Å². The van der Waals surface area contributed by atoms with Gasteiger partial charge in [-0.25, -0.2) is 0 Å². The predicted octanol–water partition coefficient (Wildman–Crippen LogP) is 2.44. The highest BCUT2D eigenvalue weighted by Gasteiger charge is 2.21. The SMILES string of the molecule is CCC(C)Oc1ccccc1C=CC(=O)N1CCC(N)C1. The summed E-state index contributed by atoms with van der Waals surface area (Å²) in [5.74, 6) is 0.829. The lowest BCUT2D eigenvalue weighted by atomic mass is 10.1. The van der Waals surface area contributed by atoms with Crippen molar-refractivity contribution in [2.75, 3.05) is 13.1 Å². The van der Waals surface area contributed by atoms with Crippen molar-refractivity contribution in [3.05, 3.63) is 35.9 Å². The molecule has 0 radical (unpaired) electrons. The summed E-state index contributed by atoms with van der Waals surface area (Å²) in [6, 6.07) is 7.89. The number of nitrogens with zero attached hydrogens (tertiary/aromatic N) is 1. The van der Waals surface area contributed by atoms with E-state index in [9.17, 15) is 4.79 Å². The van der Waals surface area contributed by atoms with Crippen LogP contribution in [0.3, 0.4) is 0 Å². The fourth-order valence-corrected chi connectivity index (χ4v) is 2.28. The highest BCUT2D eigenvalue weighted by atomic mass is 16.5. The van der Waals surface area contributed by atoms with Gasteiger partial charge in [0, 0.05) is 30.8 Å². The Balaban J connectivity index is 2.04. The molecular weight excluding hydrogens is 264 g/mol. The van der Waals surface area contributed by atoms with Crippen LogP contribution in [0.5, 0.6) is 5.75 Å². The minimum Gasteiger partial charge on any atom is -0.490 e. The van der Waals surface area contributed by atoms with Gasteiger partial charge in [0.2, 0.25) is 5.91 Å². The van der Waals surface area contributed by atoms with Gasteiger partial charge >= 0.3 is 0 Å². The van der Waals surface area contributed by atoms with Gasteiger partial charge in [0.1, 0.15) is 5.75 Å². The van der Waals surface area contributed by atoms with Crippen LogP contribution in [0.1, 0.15) is 32.3 Å². The molecule has 1 aliphatic rings. The summed E-state index contributed by atoms with van der Waals surface area (Å²) in [4.78, 5) is 13.9. The van der Waals surface area contributed by atoms with E-state index in [4.69, 9.17) is 10.5 Å². The van der Waals surface area contributed by atoms with Crippen molar-refractivity contribution in [1.82, 2.24) is 4.90 Å². The van der Waals surface area contributed by atoms with Gasteiger partial charge in [-0.1, -0.05) is 25.1 Å². The maximum absolute atomic E-state index is 12.1. The predicted molar refractivity (Wildman–Crippen MR) is 85.0 cm³/mol. The summed E-state index contributed by atoms with van der Waals surface area (Å²) in [6.45, 7) is 5.52. The smallest absolute Gasteiger partial charge is 0.246 e. The number of hydrogen-bond donors (Lipinski definition) is 1. The molecule has 1 saturated heterocycles. The molecule has 0 bridgehead atoms. The standard InChI is InChI=1S/C17H24N2O2/c1-3-13(2)21-16-7-5-4-6-14(16)8-9-17(20)19-11-10-15(18)12-19/h4-9,13,15H,3,10-12,18H2,1-2H3. The summed E-state index contributed by atoms with van der Waals surface area (Å²) in [7, 11) is 0. The number of carbonyl (C=O) groups is 1. The molecule has 4 nitrogen and oxygen atoms in total. The van der Waals surface area contributed by atoms with Gasteiger partial charge < -0.3 is 15.4 Å². The lowest BCUT2D eigenvalue weighted by Gasteiger charge is -2.15. The van der Waals surface area contributed by atoms with Gasteiger partial charge in [-0.2, -0.15) is 0 Å². The number of amides is 1. The molecule has 1 aromatic carbocycles. The van der Waals surface area contributed by atoms with E-state index >= 15 is 0 Å². The molecule has 2 rings (SSSR count). The zero-order chi connectivity index (χ0) is 15.2. The first kappa shape index (κ1) is 15.6. The van der Waals surface area contributed by atoms with E-state index in [1.165, 1.54) is 0 Å². The second kappa shape index (κ2) is 7.27. The Morgan fingerprint density at radius 3 is 2.95 bits per heavy atom. The first-order valence-corrected chi connectivity index (χ1v) is 7.58. The fourth-order valence-electron chi connectivity index (χ4n) is 2.28. The third kappa shape index (κ3) is 4.33. The second-order valence-corrected chi connectivity index (χ2v) is 5.54. The number of hydrogen-bond acceptors (Lipinski definition) is 3. The van der Waals surface area contributed by atoms with Crippen molar-refractivity contribution in [3.63, 3.8) is 0 Å².